The van der Waals surface area contributed by atoms with Crippen molar-refractivity contribution in [2.75, 3.05) is 59.7 Å². The van der Waals surface area contributed by atoms with Crippen molar-refractivity contribution in [3.05, 3.63) is 35.9 Å². The molecule has 1 saturated heterocycles. The topological polar surface area (TPSA) is 106 Å². The van der Waals surface area contributed by atoms with Gasteiger partial charge in [0.15, 0.2) is 11.5 Å². The summed E-state index contributed by atoms with van der Waals surface area (Å²) in [4.78, 5) is 30.6. The van der Waals surface area contributed by atoms with Crippen molar-refractivity contribution in [1.82, 2.24) is 24.7 Å². The van der Waals surface area contributed by atoms with Crippen molar-refractivity contribution in [2.24, 2.45) is 17.0 Å². The van der Waals surface area contributed by atoms with Crippen LogP contribution in [0.15, 0.2) is 34.6 Å². The van der Waals surface area contributed by atoms with Crippen molar-refractivity contribution in [2.45, 2.75) is 6.42 Å². The monoisotopic (exact) mass is 467 g/mol. The van der Waals surface area contributed by atoms with Crippen molar-refractivity contribution < 1.29 is 19.0 Å². The zero-order valence-corrected chi connectivity index (χ0v) is 19.5. The Bertz CT molecular complexity index is 1120. The molecule has 0 bridgehead atoms. The molecule has 0 atom stereocenters. The first-order valence-electron chi connectivity index (χ1n) is 11.5. The van der Waals surface area contributed by atoms with E-state index in [4.69, 9.17) is 19.2 Å². The summed E-state index contributed by atoms with van der Waals surface area (Å²) in [6, 6.07) is 3.85. The zero-order valence-electron chi connectivity index (χ0n) is 19.5. The number of methoxy groups -OCH3 is 1. The molecule has 0 saturated carbocycles. The van der Waals surface area contributed by atoms with E-state index in [1.807, 2.05) is 24.1 Å². The Hall–Kier alpha value is -3.44. The number of aryl methyl sites for hydroxylation is 1. The molecule has 1 fully saturated rings. The summed E-state index contributed by atoms with van der Waals surface area (Å²) in [5, 5.41) is 2.89. The maximum Gasteiger partial charge on any atom is 0.278 e. The van der Waals surface area contributed by atoms with Crippen molar-refractivity contribution in [1.29, 1.82) is 0 Å². The Morgan fingerprint density at radius 3 is 2.85 bits per heavy atom. The molecule has 11 heteroatoms. The molecule has 0 unspecified atom stereocenters. The minimum absolute atomic E-state index is 0.318. The van der Waals surface area contributed by atoms with Gasteiger partial charge < -0.3 is 18.8 Å². The lowest BCUT2D eigenvalue weighted by Gasteiger charge is -2.28. The van der Waals surface area contributed by atoms with Crippen molar-refractivity contribution >= 4 is 23.4 Å². The van der Waals surface area contributed by atoms with Gasteiger partial charge in [-0.05, 0) is 18.6 Å². The molecule has 5 rings (SSSR count). The number of carbonyl (C=O) groups excluding carboxylic acids is 1. The van der Waals surface area contributed by atoms with Gasteiger partial charge in [0, 0.05) is 45.0 Å². The van der Waals surface area contributed by atoms with Gasteiger partial charge in [0.25, 0.3) is 5.91 Å². The fourth-order valence-corrected chi connectivity index (χ4v) is 4.29. The number of nitrogens with zero attached hydrogens (tertiary/aromatic N) is 6. The molecule has 0 spiro atoms. The van der Waals surface area contributed by atoms with E-state index in [0.29, 0.717) is 48.5 Å². The van der Waals surface area contributed by atoms with Gasteiger partial charge in [0.05, 0.1) is 39.8 Å². The van der Waals surface area contributed by atoms with E-state index < -0.39 is 0 Å². The molecule has 180 valence electrons. The number of morpholine rings is 1. The normalized spacial score (nSPS) is 17.5. The zero-order chi connectivity index (χ0) is 23.5. The number of guanidine groups is 1. The average molecular weight is 468 g/mol. The minimum Gasteiger partial charge on any atom is -0.491 e. The van der Waals surface area contributed by atoms with Crippen LogP contribution >= 0.6 is 0 Å². The smallest absolute Gasteiger partial charge is 0.278 e. The van der Waals surface area contributed by atoms with E-state index in [-0.39, 0.29) is 5.91 Å². The number of amidine groups is 1. The van der Waals surface area contributed by atoms with Crippen LogP contribution in [-0.2, 0) is 11.8 Å². The second-order valence-electron chi connectivity index (χ2n) is 8.32. The molecule has 2 aromatic rings. The molecule has 3 aliphatic rings. The Balaban J connectivity index is 1.35. The van der Waals surface area contributed by atoms with Gasteiger partial charge in [-0.25, -0.2) is 9.98 Å². The number of nitrogens with one attached hydrogen (secondary N) is 1. The fraction of sp³-hybridized carbons (Fsp3) is 0.478. The molecule has 1 N–H and O–H groups in total. The highest BCUT2D eigenvalue weighted by atomic mass is 16.5. The number of benzene rings is 1. The molecular formula is C23H29N7O4. The standard InChI is InChI=1S/C23H29N7O4/c1-28-14-17(25-15-28)22(31)27-23-26-19-16(21-24-6-8-30(21)23)4-5-18(20(19)32-2)34-11-3-7-29-9-12-33-13-10-29/h4-5,14-15H,3,6-13H2,1-2H3,(H,26,27,31). The van der Waals surface area contributed by atoms with Crippen LogP contribution in [0.25, 0.3) is 0 Å². The molecule has 11 nitrogen and oxygen atoms in total. The fourth-order valence-electron chi connectivity index (χ4n) is 4.29. The Labute approximate surface area is 198 Å². The lowest BCUT2D eigenvalue weighted by atomic mass is 10.1. The minimum atomic E-state index is -0.330. The van der Waals surface area contributed by atoms with E-state index >= 15 is 0 Å². The number of amides is 1. The first kappa shape index (κ1) is 22.4. The van der Waals surface area contributed by atoms with Gasteiger partial charge in [-0.15, -0.1) is 0 Å². The summed E-state index contributed by atoms with van der Waals surface area (Å²) < 4.78 is 18.9. The van der Waals surface area contributed by atoms with Crippen LogP contribution in [0.4, 0.5) is 5.69 Å². The SMILES string of the molecule is COc1c(OCCCN2CCOCC2)ccc2c1N=C(NC(=O)c1cn(C)cn1)N1CCN=C21. The summed E-state index contributed by atoms with van der Waals surface area (Å²) in [5.41, 5.74) is 1.77. The highest BCUT2D eigenvalue weighted by molar-refractivity contribution is 6.19. The molecule has 1 amide bonds. The molecule has 3 aliphatic heterocycles. The molecule has 0 radical (unpaired) electrons. The maximum absolute atomic E-state index is 12.8. The highest BCUT2D eigenvalue weighted by Gasteiger charge is 2.33. The number of aliphatic imine (C=N–C) groups is 2. The first-order chi connectivity index (χ1) is 16.6. The molecule has 1 aromatic heterocycles. The van der Waals surface area contributed by atoms with Gasteiger partial charge >= 0.3 is 0 Å². The van der Waals surface area contributed by atoms with E-state index in [1.54, 1.807) is 24.2 Å². The van der Waals surface area contributed by atoms with E-state index in [0.717, 1.165) is 50.7 Å². The Kier molecular flexibility index (Phi) is 6.45. The van der Waals surface area contributed by atoms with Gasteiger partial charge in [-0.1, -0.05) is 0 Å². The van der Waals surface area contributed by atoms with Gasteiger partial charge in [0.2, 0.25) is 5.96 Å². The number of fused-ring (bicyclic) bond motifs is 3. The number of imidazole rings is 1. The van der Waals surface area contributed by atoms with Gasteiger partial charge in [-0.2, -0.15) is 0 Å². The largest absolute Gasteiger partial charge is 0.491 e. The number of hydrogen-bond acceptors (Lipinski definition) is 9. The van der Waals surface area contributed by atoms with E-state index in [9.17, 15) is 4.79 Å². The summed E-state index contributed by atoms with van der Waals surface area (Å²) in [5.74, 6) is 1.99. The van der Waals surface area contributed by atoms with E-state index in [2.05, 4.69) is 20.2 Å². The Morgan fingerprint density at radius 2 is 2.09 bits per heavy atom. The van der Waals surface area contributed by atoms with Crippen LogP contribution in [-0.4, -0.2) is 96.7 Å². The number of hydrogen-bond donors (Lipinski definition) is 1. The van der Waals surface area contributed by atoms with Crippen LogP contribution in [0.2, 0.25) is 0 Å². The molecule has 1 aromatic carbocycles. The third kappa shape index (κ3) is 4.48. The number of carbonyl (C=O) groups is 1. The van der Waals surface area contributed by atoms with E-state index in [1.165, 1.54) is 0 Å². The lowest BCUT2D eigenvalue weighted by molar-refractivity contribution is 0.0357. The average Bonchev–Trinajstić information content (AvgIpc) is 3.52. The number of ether oxygens (including phenoxy) is 3. The van der Waals surface area contributed by atoms with Crippen LogP contribution in [0.3, 0.4) is 0 Å². The lowest BCUT2D eigenvalue weighted by Crippen LogP contribution is -2.47. The number of rotatable bonds is 7. The quantitative estimate of drug-likeness (QED) is 0.606. The molecule has 4 heterocycles. The number of aromatic nitrogens is 2. The van der Waals surface area contributed by atoms with Crippen LogP contribution < -0.4 is 14.8 Å². The third-order valence-electron chi connectivity index (χ3n) is 6.00. The Morgan fingerprint density at radius 1 is 1.24 bits per heavy atom. The molecular weight excluding hydrogens is 438 g/mol. The van der Waals surface area contributed by atoms with Crippen molar-refractivity contribution in [3.63, 3.8) is 0 Å². The first-order valence-corrected chi connectivity index (χ1v) is 11.5. The molecule has 34 heavy (non-hydrogen) atoms. The molecule has 0 aliphatic carbocycles. The van der Waals surface area contributed by atoms with Gasteiger partial charge in [-0.3, -0.25) is 24.9 Å². The maximum atomic E-state index is 12.8. The predicted molar refractivity (Wildman–Crippen MR) is 126 cm³/mol. The summed E-state index contributed by atoms with van der Waals surface area (Å²) in [6.45, 7) is 6.28. The summed E-state index contributed by atoms with van der Waals surface area (Å²) in [7, 11) is 3.41. The second-order valence-corrected chi connectivity index (χ2v) is 8.32. The highest BCUT2D eigenvalue weighted by Crippen LogP contribution is 2.43. The van der Waals surface area contributed by atoms with Crippen molar-refractivity contribution in [3.8, 4) is 11.5 Å². The second kappa shape index (κ2) is 9.82. The van der Waals surface area contributed by atoms with Gasteiger partial charge in [0.1, 0.15) is 17.2 Å². The predicted octanol–water partition coefficient (Wildman–Crippen LogP) is 1.02. The summed E-state index contributed by atoms with van der Waals surface area (Å²) >= 11 is 0. The summed E-state index contributed by atoms with van der Waals surface area (Å²) in [6.07, 6.45) is 4.14. The van der Waals surface area contributed by atoms with Crippen LogP contribution in [0.1, 0.15) is 22.5 Å². The van der Waals surface area contributed by atoms with Crippen LogP contribution in [0.5, 0.6) is 11.5 Å². The third-order valence-corrected chi connectivity index (χ3v) is 6.00. The van der Waals surface area contributed by atoms with Crippen LogP contribution in [0, 0.1) is 0 Å².